The maximum Gasteiger partial charge on any atom is 0.237 e. The molecule has 1 saturated heterocycles. The summed E-state index contributed by atoms with van der Waals surface area (Å²) in [5.41, 5.74) is 2.59. The van der Waals surface area contributed by atoms with Crippen LogP contribution < -0.4 is 10.6 Å². The molecule has 8 nitrogen and oxygen atoms in total. The molecule has 1 fully saturated rings. The van der Waals surface area contributed by atoms with Gasteiger partial charge in [-0.2, -0.15) is 5.10 Å². The van der Waals surface area contributed by atoms with Crippen molar-refractivity contribution in [1.29, 1.82) is 0 Å². The predicted molar refractivity (Wildman–Crippen MR) is 91.2 cm³/mol. The van der Waals surface area contributed by atoms with Gasteiger partial charge in [0.1, 0.15) is 0 Å². The number of amides is 2. The van der Waals surface area contributed by atoms with Crippen LogP contribution in [0.5, 0.6) is 0 Å². The van der Waals surface area contributed by atoms with Gasteiger partial charge in [0.25, 0.3) is 0 Å². The second kappa shape index (κ2) is 7.89. The van der Waals surface area contributed by atoms with Crippen LogP contribution in [0.4, 0.5) is 0 Å². The van der Waals surface area contributed by atoms with Crippen LogP contribution in [0.3, 0.4) is 0 Å². The Morgan fingerprint density at radius 1 is 1.40 bits per heavy atom. The van der Waals surface area contributed by atoms with Crippen LogP contribution in [0.15, 0.2) is 30.5 Å². The van der Waals surface area contributed by atoms with E-state index in [-0.39, 0.29) is 18.2 Å². The number of nitrogens with zero attached hydrogens (tertiary/aromatic N) is 3. The number of nitrogens with one attached hydrogen (secondary N) is 3. The summed E-state index contributed by atoms with van der Waals surface area (Å²) in [5, 5.41) is 12.6. The zero-order valence-electron chi connectivity index (χ0n) is 14.2. The van der Waals surface area contributed by atoms with Crippen LogP contribution in [0.1, 0.15) is 23.5 Å². The van der Waals surface area contributed by atoms with Crippen molar-refractivity contribution in [3.63, 3.8) is 0 Å². The highest BCUT2D eigenvalue weighted by atomic mass is 16.2. The van der Waals surface area contributed by atoms with Crippen molar-refractivity contribution < 1.29 is 9.59 Å². The summed E-state index contributed by atoms with van der Waals surface area (Å²) < 4.78 is 0. The standard InChI is InChI=1S/C17H22N6O2/c1-12-8-14(22-21-12)10-20-16(24)9-15-17(25)19-6-7-23(15)11-13-4-2-3-5-18-13/h2-5,8,15H,6-7,9-11H2,1H3,(H,19,25)(H,20,24)(H,21,22). The van der Waals surface area contributed by atoms with Gasteiger partial charge in [0.2, 0.25) is 11.8 Å². The molecule has 3 heterocycles. The summed E-state index contributed by atoms with van der Waals surface area (Å²) in [4.78, 5) is 30.8. The molecule has 1 aliphatic heterocycles. The molecule has 0 aliphatic carbocycles. The van der Waals surface area contributed by atoms with Crippen molar-refractivity contribution >= 4 is 11.8 Å². The van der Waals surface area contributed by atoms with E-state index >= 15 is 0 Å². The molecule has 1 aliphatic rings. The molecule has 2 amide bonds. The van der Waals surface area contributed by atoms with Crippen molar-refractivity contribution in [2.24, 2.45) is 0 Å². The number of carbonyl (C=O) groups excluding carboxylic acids is 2. The molecule has 0 radical (unpaired) electrons. The summed E-state index contributed by atoms with van der Waals surface area (Å²) in [7, 11) is 0. The molecule has 132 valence electrons. The van der Waals surface area contributed by atoms with Crippen molar-refractivity contribution in [3.8, 4) is 0 Å². The maximum absolute atomic E-state index is 12.3. The molecule has 1 unspecified atom stereocenters. The first-order chi connectivity index (χ1) is 12.1. The fourth-order valence-corrected chi connectivity index (χ4v) is 2.87. The Labute approximate surface area is 146 Å². The van der Waals surface area contributed by atoms with Crippen molar-refractivity contribution in [2.75, 3.05) is 13.1 Å². The summed E-state index contributed by atoms with van der Waals surface area (Å²) in [6.07, 6.45) is 1.84. The van der Waals surface area contributed by atoms with Gasteiger partial charge in [-0.3, -0.25) is 24.6 Å². The molecule has 2 aromatic heterocycles. The molecule has 0 spiro atoms. The molecule has 3 N–H and O–H groups in total. The van der Waals surface area contributed by atoms with E-state index in [1.807, 2.05) is 36.1 Å². The summed E-state index contributed by atoms with van der Waals surface area (Å²) in [6, 6.07) is 7.08. The normalized spacial score (nSPS) is 18.0. The zero-order chi connectivity index (χ0) is 17.6. The highest BCUT2D eigenvalue weighted by Gasteiger charge is 2.31. The lowest BCUT2D eigenvalue weighted by molar-refractivity contribution is -0.134. The summed E-state index contributed by atoms with van der Waals surface area (Å²) in [5.74, 6) is -0.290. The molecular weight excluding hydrogens is 320 g/mol. The van der Waals surface area contributed by atoms with Crippen LogP contribution in [0.2, 0.25) is 0 Å². The summed E-state index contributed by atoms with van der Waals surface area (Å²) >= 11 is 0. The molecule has 1 atom stereocenters. The number of rotatable bonds is 6. The number of aromatic nitrogens is 3. The topological polar surface area (TPSA) is 103 Å². The fraction of sp³-hybridized carbons (Fsp3) is 0.412. The lowest BCUT2D eigenvalue weighted by atomic mass is 10.1. The first-order valence-electron chi connectivity index (χ1n) is 8.31. The van der Waals surface area contributed by atoms with Gasteiger partial charge in [-0.25, -0.2) is 0 Å². The van der Waals surface area contributed by atoms with E-state index in [9.17, 15) is 9.59 Å². The van der Waals surface area contributed by atoms with Crippen LogP contribution in [-0.4, -0.2) is 51.0 Å². The minimum absolute atomic E-state index is 0.113. The monoisotopic (exact) mass is 342 g/mol. The maximum atomic E-state index is 12.3. The molecule has 25 heavy (non-hydrogen) atoms. The third-order valence-corrected chi connectivity index (χ3v) is 4.14. The Morgan fingerprint density at radius 2 is 2.28 bits per heavy atom. The molecule has 8 heteroatoms. The molecule has 0 saturated carbocycles. The zero-order valence-corrected chi connectivity index (χ0v) is 14.2. The van der Waals surface area contributed by atoms with E-state index in [4.69, 9.17) is 0 Å². The van der Waals surface area contributed by atoms with E-state index in [2.05, 4.69) is 25.8 Å². The number of pyridine rings is 1. The first-order valence-corrected chi connectivity index (χ1v) is 8.31. The van der Waals surface area contributed by atoms with E-state index in [1.54, 1.807) is 6.20 Å². The van der Waals surface area contributed by atoms with Gasteiger partial charge in [-0.15, -0.1) is 0 Å². The van der Waals surface area contributed by atoms with Crippen molar-refractivity contribution in [1.82, 2.24) is 30.7 Å². The van der Waals surface area contributed by atoms with Gasteiger partial charge in [-0.1, -0.05) is 6.07 Å². The van der Waals surface area contributed by atoms with Crippen molar-refractivity contribution in [3.05, 3.63) is 47.5 Å². The summed E-state index contributed by atoms with van der Waals surface area (Å²) in [6.45, 7) is 4.07. The third-order valence-electron chi connectivity index (χ3n) is 4.14. The minimum Gasteiger partial charge on any atom is -0.353 e. The van der Waals surface area contributed by atoms with Crippen LogP contribution in [-0.2, 0) is 22.7 Å². The Morgan fingerprint density at radius 3 is 3.00 bits per heavy atom. The number of carbonyl (C=O) groups is 2. The average Bonchev–Trinajstić information content (AvgIpc) is 3.02. The van der Waals surface area contributed by atoms with Gasteiger partial charge in [0, 0.05) is 31.5 Å². The number of aryl methyl sites for hydroxylation is 1. The number of piperazine rings is 1. The lowest BCUT2D eigenvalue weighted by Crippen LogP contribution is -2.56. The smallest absolute Gasteiger partial charge is 0.237 e. The largest absolute Gasteiger partial charge is 0.353 e. The number of hydrogen-bond donors (Lipinski definition) is 3. The Hall–Kier alpha value is -2.74. The number of H-pyrrole nitrogens is 1. The minimum atomic E-state index is -0.489. The molecule has 0 bridgehead atoms. The van der Waals surface area contributed by atoms with Gasteiger partial charge < -0.3 is 10.6 Å². The quantitative estimate of drug-likeness (QED) is 0.692. The van der Waals surface area contributed by atoms with Gasteiger partial charge in [-0.05, 0) is 25.1 Å². The SMILES string of the molecule is Cc1cc(CNC(=O)CC2C(=O)NCCN2Cc2ccccn2)n[nH]1. The van der Waals surface area contributed by atoms with E-state index in [0.717, 1.165) is 17.1 Å². The van der Waals surface area contributed by atoms with Gasteiger partial charge in [0.15, 0.2) is 0 Å². The van der Waals surface area contributed by atoms with E-state index in [1.165, 1.54) is 0 Å². The van der Waals surface area contributed by atoms with Crippen LogP contribution >= 0.6 is 0 Å². The van der Waals surface area contributed by atoms with E-state index < -0.39 is 6.04 Å². The Kier molecular flexibility index (Phi) is 5.39. The molecule has 2 aromatic rings. The molecule has 3 rings (SSSR count). The van der Waals surface area contributed by atoms with Gasteiger partial charge in [0.05, 0.1) is 30.4 Å². The highest BCUT2D eigenvalue weighted by Crippen LogP contribution is 2.13. The number of hydrogen-bond acceptors (Lipinski definition) is 5. The third kappa shape index (κ3) is 4.63. The Balaban J connectivity index is 1.58. The van der Waals surface area contributed by atoms with Crippen LogP contribution in [0, 0.1) is 6.92 Å². The average molecular weight is 342 g/mol. The van der Waals surface area contributed by atoms with E-state index in [0.29, 0.717) is 26.2 Å². The number of aromatic amines is 1. The lowest BCUT2D eigenvalue weighted by Gasteiger charge is -2.34. The molecular formula is C17H22N6O2. The Bertz CT molecular complexity index is 730. The second-order valence-electron chi connectivity index (χ2n) is 6.12. The second-order valence-corrected chi connectivity index (χ2v) is 6.12. The highest BCUT2D eigenvalue weighted by molar-refractivity contribution is 5.88. The fourth-order valence-electron chi connectivity index (χ4n) is 2.87. The van der Waals surface area contributed by atoms with Gasteiger partial charge >= 0.3 is 0 Å². The van der Waals surface area contributed by atoms with Crippen molar-refractivity contribution in [2.45, 2.75) is 32.5 Å². The molecule has 0 aromatic carbocycles. The predicted octanol–water partition coefficient (Wildman–Crippen LogP) is 0.120. The first kappa shape index (κ1) is 17.1. The van der Waals surface area contributed by atoms with Crippen LogP contribution in [0.25, 0.3) is 0 Å².